The number of amides is 1. The smallest absolute Gasteiger partial charge is 0.239 e. The highest BCUT2D eigenvalue weighted by Gasteiger charge is 2.20. The summed E-state index contributed by atoms with van der Waals surface area (Å²) in [6, 6.07) is 6.79. The van der Waals surface area contributed by atoms with Crippen molar-refractivity contribution in [2.75, 3.05) is 45.3 Å². The van der Waals surface area contributed by atoms with Crippen LogP contribution in [0.15, 0.2) is 24.3 Å². The summed E-state index contributed by atoms with van der Waals surface area (Å²) in [6.45, 7) is 0.548. The first-order valence-electron chi connectivity index (χ1n) is 6.34. The third-order valence-corrected chi connectivity index (χ3v) is 4.31. The van der Waals surface area contributed by atoms with E-state index in [4.69, 9.17) is 11.6 Å². The first kappa shape index (κ1) is 17.9. The Balaban J connectivity index is 2.70. The van der Waals surface area contributed by atoms with Crippen LogP contribution in [0.5, 0.6) is 0 Å². The number of sulfonamides is 1. The molecule has 0 heterocycles. The van der Waals surface area contributed by atoms with E-state index in [0.717, 1.165) is 10.6 Å². The minimum atomic E-state index is -3.45. The zero-order valence-corrected chi connectivity index (χ0v) is 13.9. The zero-order chi connectivity index (χ0) is 16.0. The fourth-order valence-corrected chi connectivity index (χ4v) is 2.53. The first-order chi connectivity index (χ1) is 9.70. The highest BCUT2D eigenvalue weighted by Crippen LogP contribution is 2.20. The van der Waals surface area contributed by atoms with Gasteiger partial charge in [-0.2, -0.15) is 4.31 Å². The van der Waals surface area contributed by atoms with E-state index in [-0.39, 0.29) is 13.1 Å². The number of anilines is 1. The summed E-state index contributed by atoms with van der Waals surface area (Å²) in [5.41, 5.74) is 0.463. The highest BCUT2D eigenvalue weighted by molar-refractivity contribution is 7.88. The van der Waals surface area contributed by atoms with Crippen LogP contribution in [0.1, 0.15) is 0 Å². The number of benzene rings is 1. The topological polar surface area (TPSA) is 69.7 Å². The second kappa shape index (κ2) is 7.74. The molecule has 6 nitrogen and oxygen atoms in total. The maximum atomic E-state index is 12.0. The molecule has 0 aromatic heterocycles. The van der Waals surface area contributed by atoms with Crippen molar-refractivity contribution in [2.24, 2.45) is 0 Å². The van der Waals surface area contributed by atoms with Gasteiger partial charge < -0.3 is 10.2 Å². The molecule has 0 fully saturated rings. The Bertz CT molecular complexity index is 590. The van der Waals surface area contributed by atoms with Crippen molar-refractivity contribution >= 4 is 33.2 Å². The molecule has 21 heavy (non-hydrogen) atoms. The SMILES string of the molecule is CN(C)CCN(CC(=O)Nc1ccccc1Cl)S(C)(=O)=O. The molecule has 0 bridgehead atoms. The molecular weight excluding hydrogens is 314 g/mol. The lowest BCUT2D eigenvalue weighted by Gasteiger charge is -2.21. The molecule has 0 aliphatic carbocycles. The van der Waals surface area contributed by atoms with Gasteiger partial charge in [-0.05, 0) is 26.2 Å². The summed E-state index contributed by atoms with van der Waals surface area (Å²) in [6.07, 6.45) is 1.09. The number of likely N-dealkylation sites (N-methyl/N-ethyl adjacent to an activating group) is 1. The Labute approximate surface area is 130 Å². The van der Waals surface area contributed by atoms with E-state index < -0.39 is 15.9 Å². The molecule has 0 atom stereocenters. The van der Waals surface area contributed by atoms with Gasteiger partial charge in [-0.1, -0.05) is 23.7 Å². The number of nitrogens with zero attached hydrogens (tertiary/aromatic N) is 2. The molecule has 0 saturated carbocycles. The van der Waals surface area contributed by atoms with Gasteiger partial charge in [0, 0.05) is 13.1 Å². The molecule has 118 valence electrons. The maximum absolute atomic E-state index is 12.0. The Morgan fingerprint density at radius 3 is 2.38 bits per heavy atom. The number of halogens is 1. The molecule has 0 spiro atoms. The molecule has 0 unspecified atom stereocenters. The largest absolute Gasteiger partial charge is 0.324 e. The van der Waals surface area contributed by atoms with Crippen LogP contribution in [-0.4, -0.2) is 63.5 Å². The van der Waals surface area contributed by atoms with Crippen LogP contribution in [0, 0.1) is 0 Å². The van der Waals surface area contributed by atoms with Crippen molar-refractivity contribution in [1.29, 1.82) is 0 Å². The van der Waals surface area contributed by atoms with E-state index in [1.807, 2.05) is 19.0 Å². The van der Waals surface area contributed by atoms with Crippen LogP contribution in [0.4, 0.5) is 5.69 Å². The molecule has 0 aliphatic rings. The molecule has 1 aromatic carbocycles. The van der Waals surface area contributed by atoms with Crippen LogP contribution >= 0.6 is 11.6 Å². The van der Waals surface area contributed by atoms with Gasteiger partial charge in [-0.15, -0.1) is 0 Å². The third-order valence-electron chi connectivity index (χ3n) is 2.73. The highest BCUT2D eigenvalue weighted by atomic mass is 35.5. The molecule has 1 N–H and O–H groups in total. The molecule has 1 rings (SSSR count). The van der Waals surface area contributed by atoms with Gasteiger partial charge in [0.05, 0.1) is 23.5 Å². The van der Waals surface area contributed by atoms with Crippen LogP contribution in [-0.2, 0) is 14.8 Å². The van der Waals surface area contributed by atoms with E-state index in [9.17, 15) is 13.2 Å². The molecule has 8 heteroatoms. The lowest BCUT2D eigenvalue weighted by Crippen LogP contribution is -2.41. The Kier molecular flexibility index (Phi) is 6.60. The summed E-state index contributed by atoms with van der Waals surface area (Å²) in [4.78, 5) is 13.8. The summed E-state index contributed by atoms with van der Waals surface area (Å²) >= 11 is 5.94. The second-order valence-corrected chi connectivity index (χ2v) is 7.32. The van der Waals surface area contributed by atoms with Crippen molar-refractivity contribution in [1.82, 2.24) is 9.21 Å². The van der Waals surface area contributed by atoms with Crippen molar-refractivity contribution < 1.29 is 13.2 Å². The Morgan fingerprint density at radius 2 is 1.86 bits per heavy atom. The fourth-order valence-electron chi connectivity index (χ4n) is 1.59. The normalized spacial score (nSPS) is 11.9. The van der Waals surface area contributed by atoms with Gasteiger partial charge in [0.15, 0.2) is 0 Å². The Hall–Kier alpha value is -1.15. The minimum absolute atomic E-state index is 0.238. The second-order valence-electron chi connectivity index (χ2n) is 4.93. The van der Waals surface area contributed by atoms with Crippen LogP contribution in [0.3, 0.4) is 0 Å². The first-order valence-corrected chi connectivity index (χ1v) is 8.57. The van der Waals surface area contributed by atoms with Crippen LogP contribution in [0.2, 0.25) is 5.02 Å². The van der Waals surface area contributed by atoms with Crippen LogP contribution < -0.4 is 5.32 Å². The van der Waals surface area contributed by atoms with Gasteiger partial charge in [0.2, 0.25) is 15.9 Å². The summed E-state index contributed by atoms with van der Waals surface area (Å²) in [7, 11) is 0.230. The summed E-state index contributed by atoms with van der Waals surface area (Å²) < 4.78 is 24.5. The average molecular weight is 334 g/mol. The lowest BCUT2D eigenvalue weighted by molar-refractivity contribution is -0.116. The van der Waals surface area contributed by atoms with Crippen molar-refractivity contribution in [3.63, 3.8) is 0 Å². The predicted octanol–water partition coefficient (Wildman–Crippen LogP) is 1.10. The van der Waals surface area contributed by atoms with E-state index >= 15 is 0 Å². The van der Waals surface area contributed by atoms with Gasteiger partial charge >= 0.3 is 0 Å². The van der Waals surface area contributed by atoms with Crippen LogP contribution in [0.25, 0.3) is 0 Å². The monoisotopic (exact) mass is 333 g/mol. The third kappa shape index (κ3) is 6.43. The standard InChI is InChI=1S/C13H20ClN3O3S/c1-16(2)8-9-17(21(3,19)20)10-13(18)15-12-7-5-4-6-11(12)14/h4-7H,8-10H2,1-3H3,(H,15,18). The molecule has 0 radical (unpaired) electrons. The van der Waals surface area contributed by atoms with Gasteiger partial charge in [0.1, 0.15) is 0 Å². The number of hydrogen-bond donors (Lipinski definition) is 1. The van der Waals surface area contributed by atoms with Crippen molar-refractivity contribution in [3.05, 3.63) is 29.3 Å². The molecule has 0 aliphatic heterocycles. The van der Waals surface area contributed by atoms with E-state index in [1.165, 1.54) is 0 Å². The predicted molar refractivity (Wildman–Crippen MR) is 85.1 cm³/mol. The lowest BCUT2D eigenvalue weighted by atomic mass is 10.3. The zero-order valence-electron chi connectivity index (χ0n) is 12.3. The fraction of sp³-hybridized carbons (Fsp3) is 0.462. The molecule has 0 saturated heterocycles. The quantitative estimate of drug-likeness (QED) is 0.811. The Morgan fingerprint density at radius 1 is 1.24 bits per heavy atom. The summed E-state index contributed by atoms with van der Waals surface area (Å²) in [5.74, 6) is -0.424. The molecule has 1 aromatic rings. The van der Waals surface area contributed by atoms with Gasteiger partial charge in [-0.25, -0.2) is 8.42 Å². The number of hydrogen-bond acceptors (Lipinski definition) is 4. The van der Waals surface area contributed by atoms with E-state index in [0.29, 0.717) is 17.3 Å². The van der Waals surface area contributed by atoms with E-state index in [1.54, 1.807) is 24.3 Å². The minimum Gasteiger partial charge on any atom is -0.324 e. The molecule has 1 amide bonds. The van der Waals surface area contributed by atoms with Crippen molar-refractivity contribution in [3.8, 4) is 0 Å². The average Bonchev–Trinajstić information content (AvgIpc) is 2.35. The van der Waals surface area contributed by atoms with Gasteiger partial charge in [-0.3, -0.25) is 4.79 Å². The van der Waals surface area contributed by atoms with Crippen molar-refractivity contribution in [2.45, 2.75) is 0 Å². The summed E-state index contributed by atoms with van der Waals surface area (Å²) in [5, 5.41) is 3.02. The van der Waals surface area contributed by atoms with E-state index in [2.05, 4.69) is 5.32 Å². The molecular formula is C13H20ClN3O3S. The maximum Gasteiger partial charge on any atom is 0.239 e. The number of carbonyl (C=O) groups excluding carboxylic acids is 1. The number of carbonyl (C=O) groups is 1. The van der Waals surface area contributed by atoms with Gasteiger partial charge in [0.25, 0.3) is 0 Å². The number of rotatable bonds is 7. The number of nitrogens with one attached hydrogen (secondary N) is 1. The number of para-hydroxylation sites is 1.